The first-order valence-corrected chi connectivity index (χ1v) is 7.55. The molecule has 0 bridgehead atoms. The quantitative estimate of drug-likeness (QED) is 0.289. The molecule has 0 aliphatic rings. The van der Waals surface area contributed by atoms with Gasteiger partial charge >= 0.3 is 0 Å². The third-order valence-electron chi connectivity index (χ3n) is 2.36. The molecule has 0 aromatic heterocycles. The molecule has 0 saturated carbocycles. The summed E-state index contributed by atoms with van der Waals surface area (Å²) in [5.41, 5.74) is 3.54. The van der Waals surface area contributed by atoms with Gasteiger partial charge in [0.1, 0.15) is 6.07 Å². The number of nitrogens with zero attached hydrogens (tertiary/aromatic N) is 4. The van der Waals surface area contributed by atoms with Crippen molar-refractivity contribution in [3.05, 3.63) is 56.5 Å². The third kappa shape index (κ3) is 5.70. The summed E-state index contributed by atoms with van der Waals surface area (Å²) in [7, 11) is 0. The molecule has 23 heavy (non-hydrogen) atoms. The second kappa shape index (κ2) is 8.14. The van der Waals surface area contributed by atoms with Crippen molar-refractivity contribution in [3.8, 4) is 6.07 Å². The van der Waals surface area contributed by atoms with Gasteiger partial charge in [0, 0.05) is 20.1 Å². The highest BCUT2D eigenvalue weighted by Gasteiger charge is 2.00. The lowest BCUT2D eigenvalue weighted by atomic mass is 10.3. The summed E-state index contributed by atoms with van der Waals surface area (Å²) in [5, 5.41) is 22.1. The lowest BCUT2D eigenvalue weighted by molar-refractivity contribution is 1.23. The maximum Gasteiger partial charge on any atom is 0.270 e. The van der Waals surface area contributed by atoms with Gasteiger partial charge in [-0.3, -0.25) is 5.43 Å². The summed E-state index contributed by atoms with van der Waals surface area (Å²) >= 11 is 23.4. The van der Waals surface area contributed by atoms with Gasteiger partial charge in [-0.1, -0.05) is 46.4 Å². The van der Waals surface area contributed by atoms with Crippen LogP contribution in [0, 0.1) is 11.3 Å². The smallest absolute Gasteiger partial charge is 0.270 e. The van der Waals surface area contributed by atoms with E-state index >= 15 is 0 Å². The minimum Gasteiger partial charge on any atom is -0.276 e. The number of anilines is 1. The summed E-state index contributed by atoms with van der Waals surface area (Å²) in [5.74, 6) is -0.197. The number of hydrogen-bond acceptors (Lipinski definition) is 4. The molecule has 116 valence electrons. The fourth-order valence-electron chi connectivity index (χ4n) is 1.51. The van der Waals surface area contributed by atoms with Gasteiger partial charge in [0.05, 0.1) is 11.4 Å². The van der Waals surface area contributed by atoms with Crippen LogP contribution in [0.25, 0.3) is 0 Å². The Morgan fingerprint density at radius 2 is 1.39 bits per heavy atom. The fraction of sp³-hybridized carbons (Fsp3) is 0. The van der Waals surface area contributed by atoms with Gasteiger partial charge in [0.25, 0.3) is 5.84 Å². The van der Waals surface area contributed by atoms with E-state index in [1.807, 2.05) is 0 Å². The van der Waals surface area contributed by atoms with Crippen molar-refractivity contribution < 1.29 is 0 Å². The molecule has 0 aliphatic carbocycles. The molecule has 0 fully saturated rings. The van der Waals surface area contributed by atoms with E-state index in [4.69, 9.17) is 51.7 Å². The van der Waals surface area contributed by atoms with Gasteiger partial charge in [0.15, 0.2) is 0 Å². The molecular weight excluding hydrogens is 380 g/mol. The maximum atomic E-state index is 9.02. The van der Waals surface area contributed by atoms with Crippen molar-refractivity contribution in [2.75, 3.05) is 5.43 Å². The number of nitrogens with one attached hydrogen (secondary N) is 1. The summed E-state index contributed by atoms with van der Waals surface area (Å²) in [6, 6.07) is 11.2. The molecule has 0 atom stereocenters. The van der Waals surface area contributed by atoms with E-state index in [-0.39, 0.29) is 5.84 Å². The van der Waals surface area contributed by atoms with Crippen molar-refractivity contribution in [2.45, 2.75) is 0 Å². The number of azo groups is 1. The minimum atomic E-state index is -0.197. The van der Waals surface area contributed by atoms with Crippen molar-refractivity contribution in [1.82, 2.24) is 0 Å². The van der Waals surface area contributed by atoms with E-state index < -0.39 is 0 Å². The van der Waals surface area contributed by atoms with Crippen molar-refractivity contribution in [1.29, 1.82) is 5.26 Å². The van der Waals surface area contributed by atoms with Crippen LogP contribution in [0.5, 0.6) is 0 Å². The summed E-state index contributed by atoms with van der Waals surface area (Å²) in [6.45, 7) is 0. The zero-order valence-electron chi connectivity index (χ0n) is 11.3. The van der Waals surface area contributed by atoms with E-state index in [1.54, 1.807) is 42.5 Å². The second-order valence-corrected chi connectivity index (χ2v) is 5.89. The fourth-order valence-corrected chi connectivity index (χ4v) is 2.55. The lowest BCUT2D eigenvalue weighted by Gasteiger charge is -2.01. The van der Waals surface area contributed by atoms with Crippen LogP contribution in [-0.4, -0.2) is 5.84 Å². The molecule has 0 radical (unpaired) electrons. The summed E-state index contributed by atoms with van der Waals surface area (Å²) in [4.78, 5) is 0. The van der Waals surface area contributed by atoms with E-state index in [2.05, 4.69) is 20.8 Å². The first-order valence-electron chi connectivity index (χ1n) is 6.04. The Morgan fingerprint density at radius 1 is 0.870 bits per heavy atom. The number of benzene rings is 2. The van der Waals surface area contributed by atoms with Crippen LogP contribution < -0.4 is 5.43 Å². The molecular formula is C14H7Cl4N5. The molecule has 1 N–H and O–H groups in total. The molecule has 5 nitrogen and oxygen atoms in total. The van der Waals surface area contributed by atoms with Crippen LogP contribution in [0.1, 0.15) is 0 Å². The van der Waals surface area contributed by atoms with Crippen LogP contribution in [-0.2, 0) is 0 Å². The largest absolute Gasteiger partial charge is 0.276 e. The van der Waals surface area contributed by atoms with Gasteiger partial charge in [-0.05, 0) is 36.4 Å². The predicted octanol–water partition coefficient (Wildman–Crippen LogP) is 6.33. The number of halogens is 4. The van der Waals surface area contributed by atoms with Crippen molar-refractivity contribution in [3.63, 3.8) is 0 Å². The van der Waals surface area contributed by atoms with Gasteiger partial charge in [-0.2, -0.15) is 5.26 Å². The molecule has 2 aromatic carbocycles. The molecule has 0 spiro atoms. The van der Waals surface area contributed by atoms with Crippen LogP contribution in [0.15, 0.2) is 51.7 Å². The van der Waals surface area contributed by atoms with Gasteiger partial charge in [-0.25, -0.2) is 0 Å². The highest BCUT2D eigenvalue weighted by atomic mass is 35.5. The second-order valence-electron chi connectivity index (χ2n) is 4.14. The lowest BCUT2D eigenvalue weighted by Crippen LogP contribution is -1.96. The first kappa shape index (κ1) is 17.5. The molecule has 2 aromatic rings. The number of amidine groups is 1. The molecule has 0 saturated heterocycles. The normalized spacial score (nSPS) is 11.5. The van der Waals surface area contributed by atoms with E-state index in [0.717, 1.165) is 0 Å². The van der Waals surface area contributed by atoms with E-state index in [9.17, 15) is 0 Å². The minimum absolute atomic E-state index is 0.197. The zero-order valence-corrected chi connectivity index (χ0v) is 14.3. The topological polar surface area (TPSA) is 72.9 Å². The highest BCUT2D eigenvalue weighted by Crippen LogP contribution is 2.25. The number of hydrogen-bond donors (Lipinski definition) is 1. The Balaban J connectivity index is 2.16. The van der Waals surface area contributed by atoms with Crippen LogP contribution in [0.4, 0.5) is 11.4 Å². The number of nitriles is 1. The van der Waals surface area contributed by atoms with E-state index in [0.29, 0.717) is 31.5 Å². The molecule has 2 rings (SSSR count). The van der Waals surface area contributed by atoms with Crippen molar-refractivity contribution in [2.24, 2.45) is 15.3 Å². The Hall–Kier alpha value is -1.84. The molecule has 0 aliphatic heterocycles. The Morgan fingerprint density at radius 3 is 1.91 bits per heavy atom. The average molecular weight is 387 g/mol. The van der Waals surface area contributed by atoms with Crippen molar-refractivity contribution >= 4 is 63.6 Å². The summed E-state index contributed by atoms with van der Waals surface area (Å²) < 4.78 is 0. The van der Waals surface area contributed by atoms with E-state index in [1.165, 1.54) is 0 Å². The third-order valence-corrected chi connectivity index (χ3v) is 3.23. The highest BCUT2D eigenvalue weighted by molar-refractivity contribution is 6.35. The van der Waals surface area contributed by atoms with Crippen LogP contribution in [0.3, 0.4) is 0 Å². The standard InChI is InChI=1S/C14H7Cl4N5/c15-8-1-9(16)4-12(3-8)20-22-14(7-19)23-21-13-5-10(17)2-11(18)6-13/h1-6,20H/b22-14+,23-21?. The SMILES string of the molecule is N#C/C(N=Nc1cc(Cl)cc(Cl)c1)=N\Nc1cc(Cl)cc(Cl)c1. The predicted molar refractivity (Wildman–Crippen MR) is 94.1 cm³/mol. The Kier molecular flexibility index (Phi) is 6.20. The molecule has 0 heterocycles. The summed E-state index contributed by atoms with van der Waals surface area (Å²) in [6.07, 6.45) is 0. The van der Waals surface area contributed by atoms with Gasteiger partial charge < -0.3 is 0 Å². The molecule has 9 heteroatoms. The molecule has 0 amide bonds. The number of hydrazone groups is 1. The first-order chi connectivity index (χ1) is 11.0. The Bertz CT molecular complexity index is 786. The van der Waals surface area contributed by atoms with Gasteiger partial charge in [0.2, 0.25) is 0 Å². The average Bonchev–Trinajstić information content (AvgIpc) is 2.45. The molecule has 0 unspecified atom stereocenters. The zero-order chi connectivity index (χ0) is 16.8. The van der Waals surface area contributed by atoms with Crippen LogP contribution >= 0.6 is 46.4 Å². The van der Waals surface area contributed by atoms with Crippen LogP contribution in [0.2, 0.25) is 20.1 Å². The Labute approximate surface area is 152 Å². The monoisotopic (exact) mass is 385 g/mol. The maximum absolute atomic E-state index is 9.02. The number of rotatable bonds is 3. The van der Waals surface area contributed by atoms with Gasteiger partial charge in [-0.15, -0.1) is 15.3 Å².